The highest BCUT2D eigenvalue weighted by atomic mass is 16.3. The van der Waals surface area contributed by atoms with E-state index < -0.39 is 0 Å². The largest absolute Gasteiger partial charge is 0.388 e. The number of aryl methyl sites for hydroxylation is 2. The van der Waals surface area contributed by atoms with Crippen molar-refractivity contribution in [1.29, 1.82) is 0 Å². The number of nitrogens with zero attached hydrogens (tertiary/aromatic N) is 1. The van der Waals surface area contributed by atoms with E-state index in [4.69, 9.17) is 0 Å². The van der Waals surface area contributed by atoms with Crippen LogP contribution < -0.4 is 0 Å². The van der Waals surface area contributed by atoms with Gasteiger partial charge in [-0.3, -0.25) is 0 Å². The quantitative estimate of drug-likeness (QED) is 0.883. The van der Waals surface area contributed by atoms with Crippen molar-refractivity contribution in [2.45, 2.75) is 45.6 Å². The Bertz CT molecular complexity index is 383. The normalized spacial score (nSPS) is 18.8. The van der Waals surface area contributed by atoms with E-state index in [9.17, 15) is 5.11 Å². The lowest BCUT2D eigenvalue weighted by Gasteiger charge is -2.27. The number of piperidine rings is 1. The lowest BCUT2D eigenvalue weighted by molar-refractivity contribution is 0.133. The summed E-state index contributed by atoms with van der Waals surface area (Å²) >= 11 is 0. The zero-order chi connectivity index (χ0) is 13.0. The first-order valence-electron chi connectivity index (χ1n) is 7.14. The highest BCUT2D eigenvalue weighted by Crippen LogP contribution is 2.22. The fourth-order valence-corrected chi connectivity index (χ4v) is 2.76. The Kier molecular flexibility index (Phi) is 4.79. The number of hydrogen-bond acceptors (Lipinski definition) is 2. The van der Waals surface area contributed by atoms with Gasteiger partial charge in [0.15, 0.2) is 0 Å². The molecule has 1 aliphatic rings. The van der Waals surface area contributed by atoms with Crippen molar-refractivity contribution in [2.75, 3.05) is 19.6 Å². The zero-order valence-electron chi connectivity index (χ0n) is 11.7. The minimum absolute atomic E-state index is 0.313. The molecule has 1 unspecified atom stereocenters. The maximum atomic E-state index is 10.3. The molecule has 0 bridgehead atoms. The lowest BCUT2D eigenvalue weighted by atomic mass is 9.98. The minimum atomic E-state index is -0.313. The van der Waals surface area contributed by atoms with Crippen LogP contribution in [0.5, 0.6) is 0 Å². The molecule has 0 radical (unpaired) electrons. The Hall–Kier alpha value is -0.860. The van der Waals surface area contributed by atoms with E-state index in [1.807, 2.05) is 0 Å². The average Bonchev–Trinajstić information content (AvgIpc) is 2.40. The smallest absolute Gasteiger partial charge is 0.0804 e. The van der Waals surface area contributed by atoms with Gasteiger partial charge >= 0.3 is 0 Å². The van der Waals surface area contributed by atoms with Crippen LogP contribution in [0, 0.1) is 13.8 Å². The summed E-state index contributed by atoms with van der Waals surface area (Å²) in [6, 6.07) is 6.33. The Labute approximate surface area is 111 Å². The first-order chi connectivity index (χ1) is 8.66. The summed E-state index contributed by atoms with van der Waals surface area (Å²) in [5, 5.41) is 10.3. The standard InChI is InChI=1S/C16H25NO/c1-13-6-7-14(2)15(12-13)16(18)8-11-17-9-4-3-5-10-17/h6-7,12,16,18H,3-5,8-11H2,1-2H3. The summed E-state index contributed by atoms with van der Waals surface area (Å²) in [6.07, 6.45) is 4.55. The maximum Gasteiger partial charge on any atom is 0.0804 e. The third kappa shape index (κ3) is 3.56. The van der Waals surface area contributed by atoms with Crippen molar-refractivity contribution in [3.63, 3.8) is 0 Å². The molecule has 0 saturated carbocycles. The SMILES string of the molecule is Cc1ccc(C)c(C(O)CCN2CCCCC2)c1. The van der Waals surface area contributed by atoms with Crippen LogP contribution >= 0.6 is 0 Å². The van der Waals surface area contributed by atoms with Gasteiger partial charge < -0.3 is 10.0 Å². The molecule has 2 rings (SSSR count). The maximum absolute atomic E-state index is 10.3. The van der Waals surface area contributed by atoms with Gasteiger partial charge in [0.1, 0.15) is 0 Å². The van der Waals surface area contributed by atoms with Gasteiger partial charge in [-0.05, 0) is 57.3 Å². The van der Waals surface area contributed by atoms with Gasteiger partial charge in [0, 0.05) is 6.54 Å². The first-order valence-corrected chi connectivity index (χ1v) is 7.14. The monoisotopic (exact) mass is 247 g/mol. The molecule has 1 atom stereocenters. The summed E-state index contributed by atoms with van der Waals surface area (Å²) in [5.74, 6) is 0. The first kappa shape index (κ1) is 13.6. The van der Waals surface area contributed by atoms with Gasteiger partial charge in [0.2, 0.25) is 0 Å². The van der Waals surface area contributed by atoms with E-state index in [0.717, 1.165) is 18.5 Å². The fraction of sp³-hybridized carbons (Fsp3) is 0.625. The molecule has 1 fully saturated rings. The second-order valence-corrected chi connectivity index (χ2v) is 5.57. The zero-order valence-corrected chi connectivity index (χ0v) is 11.7. The van der Waals surface area contributed by atoms with Crippen molar-refractivity contribution in [2.24, 2.45) is 0 Å². The predicted molar refractivity (Wildman–Crippen MR) is 75.8 cm³/mol. The van der Waals surface area contributed by atoms with E-state index >= 15 is 0 Å². The van der Waals surface area contributed by atoms with Crippen LogP contribution in [0.4, 0.5) is 0 Å². The van der Waals surface area contributed by atoms with E-state index in [1.165, 1.54) is 43.5 Å². The van der Waals surface area contributed by atoms with E-state index in [-0.39, 0.29) is 6.10 Å². The Morgan fingerprint density at radius 2 is 1.89 bits per heavy atom. The molecule has 18 heavy (non-hydrogen) atoms. The van der Waals surface area contributed by atoms with Crippen LogP contribution in [-0.4, -0.2) is 29.6 Å². The van der Waals surface area contributed by atoms with Crippen LogP contribution in [-0.2, 0) is 0 Å². The molecule has 0 aliphatic carbocycles. The summed E-state index contributed by atoms with van der Waals surface area (Å²) < 4.78 is 0. The molecule has 0 spiro atoms. The van der Waals surface area contributed by atoms with Crippen molar-refractivity contribution >= 4 is 0 Å². The molecule has 1 aliphatic heterocycles. The van der Waals surface area contributed by atoms with E-state index in [1.54, 1.807) is 0 Å². The van der Waals surface area contributed by atoms with Gasteiger partial charge in [-0.25, -0.2) is 0 Å². The average molecular weight is 247 g/mol. The van der Waals surface area contributed by atoms with Crippen LogP contribution in [0.2, 0.25) is 0 Å². The van der Waals surface area contributed by atoms with Crippen LogP contribution in [0.15, 0.2) is 18.2 Å². The number of aliphatic hydroxyl groups is 1. The molecule has 1 N–H and O–H groups in total. The topological polar surface area (TPSA) is 23.5 Å². The molecule has 1 saturated heterocycles. The highest BCUT2D eigenvalue weighted by molar-refractivity contribution is 5.32. The molecule has 100 valence electrons. The van der Waals surface area contributed by atoms with Crippen molar-refractivity contribution in [3.05, 3.63) is 34.9 Å². The second kappa shape index (κ2) is 6.35. The van der Waals surface area contributed by atoms with Crippen LogP contribution in [0.3, 0.4) is 0 Å². The number of rotatable bonds is 4. The van der Waals surface area contributed by atoms with Crippen molar-refractivity contribution in [1.82, 2.24) is 4.90 Å². The fourth-order valence-electron chi connectivity index (χ4n) is 2.76. The third-order valence-corrected chi connectivity index (χ3v) is 3.96. The molecule has 0 amide bonds. The van der Waals surface area contributed by atoms with Gasteiger partial charge in [-0.15, -0.1) is 0 Å². The van der Waals surface area contributed by atoms with E-state index in [2.05, 4.69) is 36.9 Å². The summed E-state index contributed by atoms with van der Waals surface area (Å²) in [4.78, 5) is 2.48. The highest BCUT2D eigenvalue weighted by Gasteiger charge is 2.14. The summed E-state index contributed by atoms with van der Waals surface area (Å²) in [5.41, 5.74) is 3.53. The van der Waals surface area contributed by atoms with Gasteiger partial charge in [0.25, 0.3) is 0 Å². The second-order valence-electron chi connectivity index (χ2n) is 5.57. The summed E-state index contributed by atoms with van der Waals surface area (Å²) in [6.45, 7) is 7.60. The van der Waals surface area contributed by atoms with Crippen LogP contribution in [0.1, 0.15) is 48.5 Å². The van der Waals surface area contributed by atoms with Gasteiger partial charge in [-0.2, -0.15) is 0 Å². The molecular formula is C16H25NO. The molecule has 2 heteroatoms. The molecule has 1 aromatic rings. The summed E-state index contributed by atoms with van der Waals surface area (Å²) in [7, 11) is 0. The van der Waals surface area contributed by atoms with Gasteiger partial charge in [0.05, 0.1) is 6.10 Å². The van der Waals surface area contributed by atoms with Gasteiger partial charge in [-0.1, -0.05) is 30.2 Å². The Morgan fingerprint density at radius 1 is 1.17 bits per heavy atom. The molecule has 2 nitrogen and oxygen atoms in total. The molecule has 0 aromatic heterocycles. The number of benzene rings is 1. The Morgan fingerprint density at radius 3 is 2.61 bits per heavy atom. The van der Waals surface area contributed by atoms with Crippen molar-refractivity contribution in [3.8, 4) is 0 Å². The number of hydrogen-bond donors (Lipinski definition) is 1. The third-order valence-electron chi connectivity index (χ3n) is 3.96. The molecule has 1 aromatic carbocycles. The number of aliphatic hydroxyl groups excluding tert-OH is 1. The predicted octanol–water partition coefficient (Wildman–Crippen LogP) is 3.21. The molecular weight excluding hydrogens is 222 g/mol. The van der Waals surface area contributed by atoms with E-state index in [0.29, 0.717) is 0 Å². The Balaban J connectivity index is 1.90. The van der Waals surface area contributed by atoms with Crippen molar-refractivity contribution < 1.29 is 5.11 Å². The number of likely N-dealkylation sites (tertiary alicyclic amines) is 1. The lowest BCUT2D eigenvalue weighted by Crippen LogP contribution is -2.31. The van der Waals surface area contributed by atoms with Crippen LogP contribution in [0.25, 0.3) is 0 Å². The minimum Gasteiger partial charge on any atom is -0.388 e. The molecule has 1 heterocycles.